The topological polar surface area (TPSA) is 89.3 Å². The Kier molecular flexibility index (Phi) is 6.39. The number of aromatic nitrogens is 3. The first kappa shape index (κ1) is 19.6. The Bertz CT molecular complexity index is 794. The SMILES string of the molecule is CC1CNCCN1S(=O)(=O)c1ccc(OCc2ncnn2C)cc1.Cl. The average molecular weight is 388 g/mol. The number of benzene rings is 1. The molecule has 3 rings (SSSR count). The molecule has 138 valence electrons. The predicted octanol–water partition coefficient (Wildman–Crippen LogP) is 0.798. The smallest absolute Gasteiger partial charge is 0.243 e. The molecule has 1 N–H and O–H groups in total. The highest BCUT2D eigenvalue weighted by atomic mass is 35.5. The van der Waals surface area contributed by atoms with Crippen molar-refractivity contribution in [3.63, 3.8) is 0 Å². The maximum absolute atomic E-state index is 12.7. The summed E-state index contributed by atoms with van der Waals surface area (Å²) in [5.74, 6) is 1.28. The zero-order valence-electron chi connectivity index (χ0n) is 14.1. The lowest BCUT2D eigenvalue weighted by atomic mass is 10.3. The molecule has 1 unspecified atom stereocenters. The Hall–Kier alpha value is -1.68. The quantitative estimate of drug-likeness (QED) is 0.816. The molecule has 0 saturated carbocycles. The summed E-state index contributed by atoms with van der Waals surface area (Å²) in [6, 6.07) is 6.42. The van der Waals surface area contributed by atoms with Crippen molar-refractivity contribution in [1.29, 1.82) is 0 Å². The van der Waals surface area contributed by atoms with Crippen LogP contribution in [-0.2, 0) is 23.7 Å². The normalized spacial score (nSPS) is 18.6. The third-order valence-corrected chi connectivity index (χ3v) is 6.07. The van der Waals surface area contributed by atoms with E-state index in [1.165, 1.54) is 6.33 Å². The highest BCUT2D eigenvalue weighted by Gasteiger charge is 2.30. The fourth-order valence-electron chi connectivity index (χ4n) is 2.62. The first-order chi connectivity index (χ1) is 11.5. The lowest BCUT2D eigenvalue weighted by molar-refractivity contribution is 0.283. The van der Waals surface area contributed by atoms with Gasteiger partial charge in [0.25, 0.3) is 0 Å². The number of hydrogen-bond donors (Lipinski definition) is 1. The largest absolute Gasteiger partial charge is 0.486 e. The zero-order valence-corrected chi connectivity index (χ0v) is 15.8. The van der Waals surface area contributed by atoms with Crippen molar-refractivity contribution in [3.8, 4) is 5.75 Å². The first-order valence-electron chi connectivity index (χ1n) is 7.77. The van der Waals surface area contributed by atoms with Gasteiger partial charge in [-0.15, -0.1) is 12.4 Å². The second kappa shape index (κ2) is 8.13. The molecular formula is C15H22ClN5O3S. The van der Waals surface area contributed by atoms with Crippen LogP contribution in [0.3, 0.4) is 0 Å². The molecule has 1 aliphatic heterocycles. The minimum Gasteiger partial charge on any atom is -0.486 e. The summed E-state index contributed by atoms with van der Waals surface area (Å²) < 4.78 is 34.3. The maximum atomic E-state index is 12.7. The van der Waals surface area contributed by atoms with Gasteiger partial charge in [-0.3, -0.25) is 4.68 Å². The van der Waals surface area contributed by atoms with Crippen LogP contribution in [0.1, 0.15) is 12.7 Å². The van der Waals surface area contributed by atoms with Crippen molar-refractivity contribution in [3.05, 3.63) is 36.4 Å². The van der Waals surface area contributed by atoms with Crippen molar-refractivity contribution < 1.29 is 13.2 Å². The van der Waals surface area contributed by atoms with Crippen LogP contribution in [0.4, 0.5) is 0 Å². The second-order valence-corrected chi connectivity index (χ2v) is 7.62. The number of halogens is 1. The van der Waals surface area contributed by atoms with Crippen LogP contribution in [0.15, 0.2) is 35.5 Å². The van der Waals surface area contributed by atoms with E-state index in [-0.39, 0.29) is 30.0 Å². The molecule has 0 bridgehead atoms. The van der Waals surface area contributed by atoms with Gasteiger partial charge < -0.3 is 10.1 Å². The summed E-state index contributed by atoms with van der Waals surface area (Å²) in [5, 5.41) is 7.16. The molecule has 1 aliphatic rings. The number of piperazine rings is 1. The van der Waals surface area contributed by atoms with Crippen LogP contribution < -0.4 is 10.1 Å². The van der Waals surface area contributed by atoms with Gasteiger partial charge >= 0.3 is 0 Å². The van der Waals surface area contributed by atoms with E-state index in [1.807, 2.05) is 6.92 Å². The molecule has 0 radical (unpaired) electrons. The Morgan fingerprint density at radius 3 is 2.64 bits per heavy atom. The van der Waals surface area contributed by atoms with Crippen LogP contribution in [0, 0.1) is 0 Å². The Balaban J connectivity index is 0.00000225. The molecule has 0 amide bonds. The van der Waals surface area contributed by atoms with E-state index < -0.39 is 10.0 Å². The van der Waals surface area contributed by atoms with Crippen LogP contribution in [0.5, 0.6) is 5.75 Å². The molecule has 0 spiro atoms. The van der Waals surface area contributed by atoms with Gasteiger partial charge in [0, 0.05) is 32.7 Å². The fraction of sp³-hybridized carbons (Fsp3) is 0.467. The molecule has 1 aromatic carbocycles. The van der Waals surface area contributed by atoms with Crippen molar-refractivity contribution in [2.24, 2.45) is 7.05 Å². The average Bonchev–Trinajstić information content (AvgIpc) is 2.99. The summed E-state index contributed by atoms with van der Waals surface area (Å²) in [6.45, 7) is 3.99. The number of aryl methyl sites for hydroxylation is 1. The Morgan fingerprint density at radius 1 is 1.32 bits per heavy atom. The number of hydrogen-bond acceptors (Lipinski definition) is 6. The fourth-order valence-corrected chi connectivity index (χ4v) is 4.25. The molecular weight excluding hydrogens is 366 g/mol. The van der Waals surface area contributed by atoms with Crippen molar-refractivity contribution in [1.82, 2.24) is 24.4 Å². The lowest BCUT2D eigenvalue weighted by Gasteiger charge is -2.32. The number of sulfonamides is 1. The standard InChI is InChI=1S/C15H21N5O3S.ClH/c1-12-9-16-7-8-20(12)24(21,22)14-5-3-13(4-6-14)23-10-15-17-11-18-19(15)2;/h3-6,11-12,16H,7-10H2,1-2H3;1H. The highest BCUT2D eigenvalue weighted by molar-refractivity contribution is 7.89. The summed E-state index contributed by atoms with van der Waals surface area (Å²) >= 11 is 0. The maximum Gasteiger partial charge on any atom is 0.243 e. The minimum atomic E-state index is -3.48. The van der Waals surface area contributed by atoms with Gasteiger partial charge in [0.2, 0.25) is 10.0 Å². The van der Waals surface area contributed by atoms with E-state index in [0.717, 1.165) is 0 Å². The van der Waals surface area contributed by atoms with Gasteiger partial charge in [-0.25, -0.2) is 13.4 Å². The summed E-state index contributed by atoms with van der Waals surface area (Å²) in [7, 11) is -1.69. The number of ether oxygens (including phenoxy) is 1. The molecule has 1 aromatic heterocycles. The van der Waals surface area contributed by atoms with Gasteiger partial charge in [-0.05, 0) is 31.2 Å². The van der Waals surface area contributed by atoms with Crippen molar-refractivity contribution >= 4 is 22.4 Å². The van der Waals surface area contributed by atoms with E-state index >= 15 is 0 Å². The Morgan fingerprint density at radius 2 is 2.04 bits per heavy atom. The summed E-state index contributed by atoms with van der Waals surface area (Å²) in [4.78, 5) is 4.36. The van der Waals surface area contributed by atoms with E-state index in [1.54, 1.807) is 40.3 Å². The highest BCUT2D eigenvalue weighted by Crippen LogP contribution is 2.22. The molecule has 2 aromatic rings. The van der Waals surface area contributed by atoms with Crippen molar-refractivity contribution in [2.45, 2.75) is 24.5 Å². The monoisotopic (exact) mass is 387 g/mol. The molecule has 1 fully saturated rings. The lowest BCUT2D eigenvalue weighted by Crippen LogP contribution is -2.52. The summed E-state index contributed by atoms with van der Waals surface area (Å²) in [6.07, 6.45) is 1.46. The second-order valence-electron chi connectivity index (χ2n) is 5.73. The molecule has 0 aliphatic carbocycles. The number of nitrogens with one attached hydrogen (secondary N) is 1. The first-order valence-corrected chi connectivity index (χ1v) is 9.21. The predicted molar refractivity (Wildman–Crippen MR) is 95.2 cm³/mol. The van der Waals surface area contributed by atoms with Gasteiger partial charge in [-0.1, -0.05) is 0 Å². The van der Waals surface area contributed by atoms with Crippen molar-refractivity contribution in [2.75, 3.05) is 19.6 Å². The third-order valence-electron chi connectivity index (χ3n) is 4.04. The molecule has 10 heteroatoms. The molecule has 1 saturated heterocycles. The van der Waals surface area contributed by atoms with Gasteiger partial charge in [0.05, 0.1) is 4.90 Å². The van der Waals surface area contributed by atoms with Crippen LogP contribution in [-0.4, -0.2) is 53.2 Å². The molecule has 1 atom stereocenters. The number of nitrogens with zero attached hydrogens (tertiary/aromatic N) is 4. The molecule has 8 nitrogen and oxygen atoms in total. The van der Waals surface area contributed by atoms with Gasteiger partial charge in [-0.2, -0.15) is 9.40 Å². The van der Waals surface area contributed by atoms with E-state index in [0.29, 0.717) is 31.2 Å². The summed E-state index contributed by atoms with van der Waals surface area (Å²) in [5.41, 5.74) is 0. The number of rotatable bonds is 5. The molecule has 2 heterocycles. The van der Waals surface area contributed by atoms with E-state index in [9.17, 15) is 8.42 Å². The van der Waals surface area contributed by atoms with Crippen LogP contribution in [0.2, 0.25) is 0 Å². The van der Waals surface area contributed by atoms with E-state index in [2.05, 4.69) is 15.4 Å². The Labute approximate surface area is 153 Å². The molecule has 25 heavy (non-hydrogen) atoms. The zero-order chi connectivity index (χ0) is 17.2. The minimum absolute atomic E-state index is 0. The van der Waals surface area contributed by atoms with E-state index in [4.69, 9.17) is 4.74 Å². The van der Waals surface area contributed by atoms with Crippen LogP contribution >= 0.6 is 12.4 Å². The van der Waals surface area contributed by atoms with Crippen LogP contribution in [0.25, 0.3) is 0 Å². The third kappa shape index (κ3) is 4.30. The van der Waals surface area contributed by atoms with Gasteiger partial charge in [0.15, 0.2) is 5.82 Å². The van der Waals surface area contributed by atoms with Gasteiger partial charge in [0.1, 0.15) is 18.7 Å².